The molecule has 2 rings (SSSR count). The molecule has 1 aliphatic rings. The molecule has 1 aliphatic heterocycles. The standard InChI is InChI=1S/C20H24N2O10/c1-10(23)28-9-15-17(29-11(2)24)18(30-12(3)25)16(20(32-15)31-13(4)26)22-19(27)14-6-5-7-21-8-14/h5-8,15-18,20H,9H2,1-4H3,(H,22,27)/t15-,16+,17+,18-,20-/m1/s1. The van der Waals surface area contributed by atoms with Crippen LogP contribution in [0.2, 0.25) is 0 Å². The Balaban J connectivity index is 2.44. The number of hydrogen-bond donors (Lipinski definition) is 1. The fourth-order valence-electron chi connectivity index (χ4n) is 3.05. The van der Waals surface area contributed by atoms with E-state index in [1.807, 2.05) is 0 Å². The first-order valence-electron chi connectivity index (χ1n) is 9.59. The number of amides is 1. The highest BCUT2D eigenvalue weighted by molar-refractivity contribution is 5.94. The minimum absolute atomic E-state index is 0.168. The van der Waals surface area contributed by atoms with Crippen LogP contribution in [0.4, 0.5) is 0 Å². The topological polar surface area (TPSA) is 156 Å². The Bertz CT molecular complexity index is 859. The van der Waals surface area contributed by atoms with Crippen molar-refractivity contribution in [3.8, 4) is 0 Å². The van der Waals surface area contributed by atoms with Crippen molar-refractivity contribution in [2.45, 2.75) is 58.3 Å². The molecule has 174 valence electrons. The molecule has 0 aliphatic carbocycles. The number of ether oxygens (including phenoxy) is 5. The van der Waals surface area contributed by atoms with E-state index in [4.69, 9.17) is 23.7 Å². The number of esters is 4. The van der Waals surface area contributed by atoms with Crippen LogP contribution in [0.5, 0.6) is 0 Å². The minimum atomic E-state index is -1.45. The van der Waals surface area contributed by atoms with Crippen molar-refractivity contribution in [3.05, 3.63) is 30.1 Å². The third-order valence-corrected chi connectivity index (χ3v) is 4.20. The van der Waals surface area contributed by atoms with Crippen molar-refractivity contribution in [1.29, 1.82) is 0 Å². The lowest BCUT2D eigenvalue weighted by Crippen LogP contribution is -2.67. The maximum atomic E-state index is 12.7. The maximum Gasteiger partial charge on any atom is 0.305 e. The quantitative estimate of drug-likeness (QED) is 0.435. The predicted octanol–water partition coefficient (Wildman–Crippen LogP) is -0.105. The Hall–Kier alpha value is -3.54. The molecule has 5 atom stereocenters. The molecular weight excluding hydrogens is 428 g/mol. The van der Waals surface area contributed by atoms with Crippen LogP contribution >= 0.6 is 0 Å². The number of nitrogens with zero attached hydrogens (tertiary/aromatic N) is 1. The van der Waals surface area contributed by atoms with Gasteiger partial charge in [0, 0.05) is 40.1 Å². The summed E-state index contributed by atoms with van der Waals surface area (Å²) in [5, 5.41) is 2.58. The zero-order valence-corrected chi connectivity index (χ0v) is 17.9. The number of carbonyl (C=O) groups excluding carboxylic acids is 5. The SMILES string of the molecule is CC(=O)OC[C@H]1O[C@@H](OC(C)=O)[C@@H](NC(=O)c2cccnc2)[C@@H](OC(C)=O)[C@H]1OC(C)=O. The van der Waals surface area contributed by atoms with Crippen LogP contribution in [0.3, 0.4) is 0 Å². The van der Waals surface area contributed by atoms with Gasteiger partial charge in [-0.2, -0.15) is 0 Å². The molecule has 1 aromatic heterocycles. The van der Waals surface area contributed by atoms with Gasteiger partial charge in [0.25, 0.3) is 5.91 Å². The Morgan fingerprint density at radius 3 is 2.09 bits per heavy atom. The third kappa shape index (κ3) is 7.01. The summed E-state index contributed by atoms with van der Waals surface area (Å²) in [6.45, 7) is 4.11. The third-order valence-electron chi connectivity index (χ3n) is 4.20. The molecule has 1 N–H and O–H groups in total. The van der Waals surface area contributed by atoms with E-state index in [9.17, 15) is 24.0 Å². The van der Waals surface area contributed by atoms with Crippen molar-refractivity contribution in [2.75, 3.05) is 6.61 Å². The first-order valence-corrected chi connectivity index (χ1v) is 9.59. The van der Waals surface area contributed by atoms with Crippen molar-refractivity contribution in [3.63, 3.8) is 0 Å². The molecular formula is C20H24N2O10. The second-order valence-corrected chi connectivity index (χ2v) is 6.84. The molecule has 0 aromatic carbocycles. The van der Waals surface area contributed by atoms with Gasteiger partial charge in [-0.1, -0.05) is 0 Å². The van der Waals surface area contributed by atoms with Crippen molar-refractivity contribution in [1.82, 2.24) is 10.3 Å². The summed E-state index contributed by atoms with van der Waals surface area (Å²) >= 11 is 0. The van der Waals surface area contributed by atoms with E-state index in [-0.39, 0.29) is 5.56 Å². The second kappa shape index (κ2) is 11.2. The molecule has 1 aromatic rings. The van der Waals surface area contributed by atoms with Crippen LogP contribution in [0.1, 0.15) is 38.1 Å². The smallest absolute Gasteiger partial charge is 0.305 e. The molecule has 1 amide bonds. The van der Waals surface area contributed by atoms with Crippen LogP contribution in [0.15, 0.2) is 24.5 Å². The minimum Gasteiger partial charge on any atom is -0.463 e. The average molecular weight is 452 g/mol. The van der Waals surface area contributed by atoms with Crippen LogP contribution < -0.4 is 5.32 Å². The number of aromatic nitrogens is 1. The molecule has 0 radical (unpaired) electrons. The fraction of sp³-hybridized carbons (Fsp3) is 0.500. The highest BCUT2D eigenvalue weighted by Crippen LogP contribution is 2.28. The van der Waals surface area contributed by atoms with Crippen LogP contribution in [-0.4, -0.2) is 72.0 Å². The van der Waals surface area contributed by atoms with Gasteiger partial charge < -0.3 is 29.0 Å². The normalized spacial score (nSPS) is 24.6. The van der Waals surface area contributed by atoms with Gasteiger partial charge in [0.05, 0.1) is 5.56 Å². The first kappa shape index (κ1) is 24.7. The average Bonchev–Trinajstić information content (AvgIpc) is 2.70. The maximum absolute atomic E-state index is 12.7. The number of rotatable bonds is 7. The highest BCUT2D eigenvalue weighted by Gasteiger charge is 2.52. The van der Waals surface area contributed by atoms with E-state index in [1.165, 1.54) is 24.5 Å². The Kier molecular flexibility index (Phi) is 8.64. The lowest BCUT2D eigenvalue weighted by Gasteiger charge is -2.44. The van der Waals surface area contributed by atoms with Gasteiger partial charge in [0.1, 0.15) is 18.8 Å². The fourth-order valence-corrected chi connectivity index (χ4v) is 3.05. The molecule has 2 heterocycles. The van der Waals surface area contributed by atoms with Crippen LogP contribution in [0.25, 0.3) is 0 Å². The molecule has 0 saturated carbocycles. The summed E-state index contributed by atoms with van der Waals surface area (Å²) < 4.78 is 26.5. The monoisotopic (exact) mass is 452 g/mol. The van der Waals surface area contributed by atoms with Crippen molar-refractivity contribution >= 4 is 29.8 Å². The Morgan fingerprint density at radius 1 is 0.938 bits per heavy atom. The number of hydrogen-bond acceptors (Lipinski definition) is 11. The van der Waals surface area contributed by atoms with Gasteiger partial charge in [-0.25, -0.2) is 0 Å². The molecule has 1 fully saturated rings. The van der Waals surface area contributed by atoms with Gasteiger partial charge in [0.2, 0.25) is 6.29 Å². The van der Waals surface area contributed by atoms with Crippen LogP contribution in [-0.2, 0) is 42.9 Å². The molecule has 0 bridgehead atoms. The Labute approximate surface area is 183 Å². The summed E-state index contributed by atoms with van der Waals surface area (Å²) in [7, 11) is 0. The van der Waals surface area contributed by atoms with Gasteiger partial charge in [-0.15, -0.1) is 0 Å². The number of nitrogens with one attached hydrogen (secondary N) is 1. The van der Waals surface area contributed by atoms with E-state index in [0.717, 1.165) is 27.7 Å². The largest absolute Gasteiger partial charge is 0.463 e. The summed E-state index contributed by atoms with van der Waals surface area (Å²) in [6.07, 6.45) is -2.47. The highest BCUT2D eigenvalue weighted by atomic mass is 16.7. The van der Waals surface area contributed by atoms with E-state index in [1.54, 1.807) is 0 Å². The second-order valence-electron chi connectivity index (χ2n) is 6.84. The number of pyridine rings is 1. The van der Waals surface area contributed by atoms with Crippen molar-refractivity contribution in [2.24, 2.45) is 0 Å². The van der Waals surface area contributed by atoms with Gasteiger partial charge in [-0.05, 0) is 12.1 Å². The van der Waals surface area contributed by atoms with E-state index < -0.39 is 67.0 Å². The van der Waals surface area contributed by atoms with Gasteiger partial charge >= 0.3 is 23.9 Å². The molecule has 32 heavy (non-hydrogen) atoms. The molecule has 1 saturated heterocycles. The van der Waals surface area contributed by atoms with E-state index >= 15 is 0 Å². The van der Waals surface area contributed by atoms with Crippen LogP contribution in [0, 0.1) is 0 Å². The summed E-state index contributed by atoms with van der Waals surface area (Å²) in [4.78, 5) is 63.1. The molecule has 0 spiro atoms. The lowest BCUT2D eigenvalue weighted by atomic mass is 9.95. The zero-order valence-electron chi connectivity index (χ0n) is 17.9. The first-order chi connectivity index (χ1) is 15.1. The Morgan fingerprint density at radius 2 is 1.56 bits per heavy atom. The summed E-state index contributed by atoms with van der Waals surface area (Å²) in [5.41, 5.74) is 0.168. The number of carbonyl (C=O) groups is 5. The summed E-state index contributed by atoms with van der Waals surface area (Å²) in [5.74, 6) is -3.54. The summed E-state index contributed by atoms with van der Waals surface area (Å²) in [6, 6.07) is 1.75. The molecule has 12 heteroatoms. The molecule has 0 unspecified atom stereocenters. The molecule has 12 nitrogen and oxygen atoms in total. The lowest BCUT2D eigenvalue weighted by molar-refractivity contribution is -0.270. The zero-order chi connectivity index (χ0) is 23.8. The van der Waals surface area contributed by atoms with Crippen molar-refractivity contribution < 1.29 is 47.7 Å². The van der Waals surface area contributed by atoms with Gasteiger partial charge in [0.15, 0.2) is 12.2 Å². The van der Waals surface area contributed by atoms with E-state index in [2.05, 4.69) is 10.3 Å². The van der Waals surface area contributed by atoms with E-state index in [0.29, 0.717) is 0 Å². The predicted molar refractivity (Wildman–Crippen MR) is 104 cm³/mol. The van der Waals surface area contributed by atoms with Gasteiger partial charge in [-0.3, -0.25) is 29.0 Å².